The summed E-state index contributed by atoms with van der Waals surface area (Å²) in [6.07, 6.45) is -0.00728. The van der Waals surface area contributed by atoms with Gasteiger partial charge in [-0.1, -0.05) is 108 Å². The molecular weight excluding hydrogens is 699 g/mol. The number of alkyl halides is 3. The molecule has 0 aromatic heterocycles. The van der Waals surface area contributed by atoms with Crippen LogP contribution in [-0.2, 0) is 40.4 Å². The summed E-state index contributed by atoms with van der Waals surface area (Å²) in [7, 11) is 3.33. The van der Waals surface area contributed by atoms with Gasteiger partial charge in [-0.15, -0.1) is 0 Å². The zero-order valence-electron chi connectivity index (χ0n) is 28.2. The number of ether oxygens (including phenoxy) is 4. The molecule has 2 aliphatic rings. The number of nitrogens with one attached hydrogen (secondary N) is 1. The van der Waals surface area contributed by atoms with Crippen LogP contribution in [0, 0.1) is 5.92 Å². The third kappa shape index (κ3) is 8.40. The fourth-order valence-corrected chi connectivity index (χ4v) is 6.86. The second kappa shape index (κ2) is 15.9. The fourth-order valence-electron chi connectivity index (χ4n) is 6.66. The maximum absolute atomic E-state index is 12.0. The van der Waals surface area contributed by atoms with E-state index in [4.69, 9.17) is 53.8 Å². The average Bonchev–Trinajstić information content (AvgIpc) is 3.13. The molecule has 4 aromatic carbocycles. The highest BCUT2D eigenvalue weighted by atomic mass is 35.6. The minimum absolute atomic E-state index is 0.0122. The Bertz CT molecular complexity index is 1780. The van der Waals surface area contributed by atoms with E-state index in [-0.39, 0.29) is 31.3 Å². The number of hydrogen-bond donors (Lipinski definition) is 2. The SMILES string of the molecule is COc1cc2c(cc1OC)CN(C[C@@H]1O[C@H](c3ccc(-c4cccc(CNC(=O)C(Cl)(Cl)Cl)c4)cc3)O[C@H](c3ccc(CO)cc3)[C@@H]1C)CC2. The molecule has 4 aromatic rings. The number of aliphatic hydroxyl groups excluding tert-OH is 1. The van der Waals surface area contributed by atoms with Crippen LogP contribution in [0.3, 0.4) is 0 Å². The number of benzene rings is 4. The molecule has 4 atom stereocenters. The Morgan fingerprint density at radius 3 is 2.22 bits per heavy atom. The average molecular weight is 740 g/mol. The number of carbonyl (C=O) groups excluding carboxylic acids is 1. The number of halogens is 3. The summed E-state index contributed by atoms with van der Waals surface area (Å²) in [6.45, 7) is 4.82. The van der Waals surface area contributed by atoms with E-state index < -0.39 is 16.0 Å². The van der Waals surface area contributed by atoms with E-state index in [1.54, 1.807) is 14.2 Å². The van der Waals surface area contributed by atoms with Crippen LogP contribution in [-0.4, -0.2) is 53.1 Å². The van der Waals surface area contributed by atoms with Gasteiger partial charge in [0.2, 0.25) is 0 Å². The molecule has 6 rings (SSSR count). The molecule has 1 fully saturated rings. The maximum Gasteiger partial charge on any atom is 0.272 e. The summed E-state index contributed by atoms with van der Waals surface area (Å²) < 4.78 is 22.6. The summed E-state index contributed by atoms with van der Waals surface area (Å²) in [5, 5.41) is 12.3. The van der Waals surface area contributed by atoms with Crippen molar-refractivity contribution < 1.29 is 28.8 Å². The van der Waals surface area contributed by atoms with Gasteiger partial charge in [0.25, 0.3) is 9.70 Å². The van der Waals surface area contributed by atoms with Gasteiger partial charge in [0.15, 0.2) is 17.8 Å². The van der Waals surface area contributed by atoms with Crippen molar-refractivity contribution in [1.82, 2.24) is 10.2 Å². The molecule has 2 N–H and O–H groups in total. The summed E-state index contributed by atoms with van der Waals surface area (Å²) in [5.41, 5.74) is 8.17. The standard InChI is InChI=1S/C39H41Cl3N2O6/c1-24-35(22-44-16-15-31-18-33(47-2)34(48-3)19-32(31)21-44)49-37(50-36(24)28-9-7-25(23-45)8-10-28)29-13-11-27(12-14-29)30-6-4-5-26(17-30)20-43-38(46)39(40,41)42/h4-14,17-19,24,35-37,45H,15-16,20-23H2,1-3H3,(H,43,46)/t24-,35+,36+,37+/m1/s1. The number of nitrogens with zero attached hydrogens (tertiary/aromatic N) is 1. The summed E-state index contributed by atoms with van der Waals surface area (Å²) in [4.78, 5) is 14.5. The highest BCUT2D eigenvalue weighted by molar-refractivity contribution is 6.76. The normalized spacial score (nSPS) is 20.9. The van der Waals surface area contributed by atoms with Crippen molar-refractivity contribution in [3.63, 3.8) is 0 Å². The topological polar surface area (TPSA) is 89.5 Å². The van der Waals surface area contributed by atoms with E-state index >= 15 is 0 Å². The lowest BCUT2D eigenvalue weighted by Gasteiger charge is -2.43. The highest BCUT2D eigenvalue weighted by Gasteiger charge is 2.39. The predicted octanol–water partition coefficient (Wildman–Crippen LogP) is 7.70. The molecule has 0 spiro atoms. The lowest BCUT2D eigenvalue weighted by atomic mass is 9.89. The fraction of sp³-hybridized carbons (Fsp3) is 0.359. The molecule has 0 bridgehead atoms. The van der Waals surface area contributed by atoms with Crippen molar-refractivity contribution in [2.75, 3.05) is 27.3 Å². The summed E-state index contributed by atoms with van der Waals surface area (Å²) in [5.74, 6) is 0.869. The minimum Gasteiger partial charge on any atom is -0.493 e. The zero-order valence-corrected chi connectivity index (χ0v) is 30.5. The molecule has 2 heterocycles. The molecular formula is C39H41Cl3N2O6. The van der Waals surface area contributed by atoms with Crippen molar-refractivity contribution in [2.45, 2.75) is 55.3 Å². The maximum atomic E-state index is 12.0. The van der Waals surface area contributed by atoms with E-state index in [2.05, 4.69) is 29.3 Å². The van der Waals surface area contributed by atoms with Gasteiger partial charge in [-0.2, -0.15) is 0 Å². The largest absolute Gasteiger partial charge is 0.493 e. The van der Waals surface area contributed by atoms with Crippen LogP contribution in [0.2, 0.25) is 0 Å². The van der Waals surface area contributed by atoms with Gasteiger partial charge in [0.05, 0.1) is 33.0 Å². The molecule has 2 aliphatic heterocycles. The third-order valence-corrected chi connectivity index (χ3v) is 10.0. The van der Waals surface area contributed by atoms with Gasteiger partial charge in [-0.3, -0.25) is 9.69 Å². The van der Waals surface area contributed by atoms with Crippen LogP contribution >= 0.6 is 34.8 Å². The first-order valence-corrected chi connectivity index (χ1v) is 17.7. The van der Waals surface area contributed by atoms with E-state index in [1.807, 2.05) is 72.8 Å². The van der Waals surface area contributed by atoms with Gasteiger partial charge in [0.1, 0.15) is 0 Å². The van der Waals surface area contributed by atoms with Crippen molar-refractivity contribution in [3.05, 3.63) is 118 Å². The van der Waals surface area contributed by atoms with Crippen LogP contribution in [0.1, 0.15) is 52.7 Å². The summed E-state index contributed by atoms with van der Waals surface area (Å²) in [6, 6.07) is 28.1. The third-order valence-electron chi connectivity index (χ3n) is 9.51. The molecule has 0 radical (unpaired) electrons. The molecule has 264 valence electrons. The zero-order chi connectivity index (χ0) is 35.4. The highest BCUT2D eigenvalue weighted by Crippen LogP contribution is 2.43. The Kier molecular flexibility index (Phi) is 11.6. The van der Waals surface area contributed by atoms with E-state index in [0.29, 0.717) is 0 Å². The lowest BCUT2D eigenvalue weighted by Crippen LogP contribution is -2.45. The Labute approximate surface area is 308 Å². The molecule has 50 heavy (non-hydrogen) atoms. The Morgan fingerprint density at radius 2 is 1.56 bits per heavy atom. The van der Waals surface area contributed by atoms with Crippen LogP contribution in [0.15, 0.2) is 84.9 Å². The van der Waals surface area contributed by atoms with E-state index in [1.165, 1.54) is 11.1 Å². The number of carbonyl (C=O) groups is 1. The molecule has 0 unspecified atom stereocenters. The number of methoxy groups -OCH3 is 2. The molecule has 8 nitrogen and oxygen atoms in total. The van der Waals surface area contributed by atoms with Crippen LogP contribution in [0.25, 0.3) is 11.1 Å². The Balaban J connectivity index is 1.21. The van der Waals surface area contributed by atoms with E-state index in [9.17, 15) is 9.90 Å². The van der Waals surface area contributed by atoms with Crippen molar-refractivity contribution in [3.8, 4) is 22.6 Å². The summed E-state index contributed by atoms with van der Waals surface area (Å²) >= 11 is 17.1. The first-order valence-electron chi connectivity index (χ1n) is 16.6. The monoisotopic (exact) mass is 738 g/mol. The lowest BCUT2D eigenvalue weighted by molar-refractivity contribution is -0.276. The second-order valence-electron chi connectivity index (χ2n) is 12.8. The number of rotatable bonds is 10. The first-order chi connectivity index (χ1) is 24.1. The smallest absolute Gasteiger partial charge is 0.272 e. The number of hydrogen-bond acceptors (Lipinski definition) is 7. The number of aliphatic hydroxyl groups is 1. The van der Waals surface area contributed by atoms with Crippen molar-refractivity contribution in [1.29, 1.82) is 0 Å². The minimum atomic E-state index is -2.02. The second-order valence-corrected chi connectivity index (χ2v) is 15.1. The molecule has 11 heteroatoms. The van der Waals surface area contributed by atoms with Crippen molar-refractivity contribution >= 4 is 40.7 Å². The van der Waals surface area contributed by atoms with Crippen LogP contribution in [0.5, 0.6) is 11.5 Å². The number of fused-ring (bicyclic) bond motifs is 1. The van der Waals surface area contributed by atoms with Gasteiger partial charge < -0.3 is 29.4 Å². The number of amides is 1. The first kappa shape index (κ1) is 36.5. The van der Waals surface area contributed by atoms with E-state index in [0.717, 1.165) is 70.9 Å². The molecule has 1 amide bonds. The van der Waals surface area contributed by atoms with Gasteiger partial charge in [0, 0.05) is 37.7 Å². The van der Waals surface area contributed by atoms with Gasteiger partial charge >= 0.3 is 0 Å². The quantitative estimate of drug-likeness (QED) is 0.161. The Hall–Kier alpha value is -3.34. The van der Waals surface area contributed by atoms with Gasteiger partial charge in [-0.05, 0) is 63.6 Å². The molecule has 0 saturated carbocycles. The van der Waals surface area contributed by atoms with Crippen LogP contribution in [0.4, 0.5) is 0 Å². The predicted molar refractivity (Wildman–Crippen MR) is 196 cm³/mol. The van der Waals surface area contributed by atoms with Gasteiger partial charge in [-0.25, -0.2) is 0 Å². The van der Waals surface area contributed by atoms with Crippen molar-refractivity contribution in [2.24, 2.45) is 5.92 Å². The Morgan fingerprint density at radius 1 is 0.880 bits per heavy atom. The molecule has 1 saturated heterocycles. The molecule has 0 aliphatic carbocycles. The van der Waals surface area contributed by atoms with Crippen LogP contribution < -0.4 is 14.8 Å².